The summed E-state index contributed by atoms with van der Waals surface area (Å²) in [7, 11) is 0. The minimum absolute atomic E-state index is 0.524. The third-order valence-corrected chi connectivity index (χ3v) is 11.2. The average Bonchev–Trinajstić information content (AvgIpc) is 3.86. The number of nitrogens with zero attached hydrogens (tertiary/aromatic N) is 6. The Morgan fingerprint density at radius 2 is 0.786 bits per heavy atom. The molecule has 7 nitrogen and oxygen atoms in total. The first-order chi connectivity index (χ1) is 27.7. The van der Waals surface area contributed by atoms with E-state index >= 15 is 0 Å². The van der Waals surface area contributed by atoms with Crippen LogP contribution in [0.2, 0.25) is 0 Å². The molecule has 0 bridgehead atoms. The summed E-state index contributed by atoms with van der Waals surface area (Å²) < 4.78 is 9.12. The minimum atomic E-state index is 0.524. The van der Waals surface area contributed by atoms with E-state index in [2.05, 4.69) is 48.5 Å². The fourth-order valence-electron chi connectivity index (χ4n) is 7.40. The molecule has 0 amide bonds. The van der Waals surface area contributed by atoms with Crippen LogP contribution >= 0.6 is 11.3 Å². The van der Waals surface area contributed by atoms with Crippen LogP contribution in [-0.2, 0) is 0 Å². The van der Waals surface area contributed by atoms with Crippen molar-refractivity contribution in [2.24, 2.45) is 0 Å². The first kappa shape index (κ1) is 32.0. The van der Waals surface area contributed by atoms with Crippen molar-refractivity contribution < 1.29 is 4.42 Å². The lowest BCUT2D eigenvalue weighted by atomic mass is 10.0. The predicted octanol–water partition coefficient (Wildman–Crippen LogP) is 12.3. The number of hydrogen-bond donors (Lipinski definition) is 0. The Bertz CT molecular complexity index is 3200. The Kier molecular flexibility index (Phi) is 7.53. The van der Waals surface area contributed by atoms with Gasteiger partial charge in [0.2, 0.25) is 0 Å². The molecule has 0 saturated heterocycles. The molecule has 0 N–H and O–H groups in total. The van der Waals surface area contributed by atoms with Crippen LogP contribution in [0.4, 0.5) is 0 Å². The molecule has 8 heteroatoms. The average molecular weight is 737 g/mol. The van der Waals surface area contributed by atoms with Crippen LogP contribution < -0.4 is 0 Å². The Morgan fingerprint density at radius 1 is 0.339 bits per heavy atom. The number of furan rings is 1. The summed E-state index contributed by atoms with van der Waals surface area (Å²) in [6, 6.07) is 57.0. The highest BCUT2D eigenvalue weighted by molar-refractivity contribution is 7.26. The fraction of sp³-hybridized carbons (Fsp3) is 0. The van der Waals surface area contributed by atoms with Crippen LogP contribution in [-0.4, -0.2) is 29.9 Å². The molecular weight excluding hydrogens is 709 g/mol. The zero-order valence-corrected chi connectivity index (χ0v) is 30.5. The quantitative estimate of drug-likeness (QED) is 0.168. The maximum Gasteiger partial charge on any atom is 0.167 e. The predicted molar refractivity (Wildman–Crippen MR) is 226 cm³/mol. The molecule has 56 heavy (non-hydrogen) atoms. The Hall–Kier alpha value is -7.42. The number of thiophene rings is 1. The number of rotatable bonds is 6. The minimum Gasteiger partial charge on any atom is -0.455 e. The van der Waals surface area contributed by atoms with E-state index < -0.39 is 0 Å². The molecule has 0 aliphatic rings. The normalized spacial score (nSPS) is 11.6. The van der Waals surface area contributed by atoms with Crippen molar-refractivity contribution in [1.29, 1.82) is 0 Å². The van der Waals surface area contributed by atoms with Crippen molar-refractivity contribution >= 4 is 53.4 Å². The van der Waals surface area contributed by atoms with Gasteiger partial charge in [-0.1, -0.05) is 146 Å². The first-order valence-corrected chi connectivity index (χ1v) is 19.1. The Balaban J connectivity index is 1.13. The maximum atomic E-state index is 6.76. The lowest BCUT2D eigenvalue weighted by Crippen LogP contribution is -2.00. The van der Waals surface area contributed by atoms with E-state index in [-0.39, 0.29) is 0 Å². The van der Waals surface area contributed by atoms with Gasteiger partial charge in [-0.2, -0.15) is 0 Å². The number of benzene rings is 7. The molecule has 0 saturated carbocycles. The summed E-state index contributed by atoms with van der Waals surface area (Å²) in [5.74, 6) is 3.47. The molecule has 0 aliphatic carbocycles. The summed E-state index contributed by atoms with van der Waals surface area (Å²) in [6.45, 7) is 0. The van der Waals surface area contributed by atoms with Crippen LogP contribution in [0.25, 0.3) is 110 Å². The van der Waals surface area contributed by atoms with Crippen LogP contribution in [0.1, 0.15) is 0 Å². The summed E-state index contributed by atoms with van der Waals surface area (Å²) >= 11 is 1.76. The first-order valence-electron chi connectivity index (χ1n) is 18.3. The highest BCUT2D eigenvalue weighted by atomic mass is 32.1. The van der Waals surface area contributed by atoms with Gasteiger partial charge in [0, 0.05) is 58.8 Å². The topological polar surface area (TPSA) is 90.5 Å². The van der Waals surface area contributed by atoms with Crippen molar-refractivity contribution in [3.8, 4) is 68.3 Å². The molecule has 4 heterocycles. The van der Waals surface area contributed by atoms with Crippen molar-refractivity contribution in [2.75, 3.05) is 0 Å². The van der Waals surface area contributed by atoms with E-state index in [9.17, 15) is 0 Å². The van der Waals surface area contributed by atoms with Gasteiger partial charge in [0.25, 0.3) is 0 Å². The van der Waals surface area contributed by atoms with E-state index in [1.807, 2.05) is 121 Å². The van der Waals surface area contributed by atoms with E-state index in [4.69, 9.17) is 34.3 Å². The van der Waals surface area contributed by atoms with Gasteiger partial charge >= 0.3 is 0 Å². The molecule has 0 radical (unpaired) electrons. The number of aromatic nitrogens is 6. The Labute approximate surface area is 324 Å². The second-order valence-corrected chi connectivity index (χ2v) is 14.5. The van der Waals surface area contributed by atoms with Crippen LogP contribution in [0, 0.1) is 0 Å². The van der Waals surface area contributed by atoms with Crippen molar-refractivity contribution in [1.82, 2.24) is 29.9 Å². The molecule has 0 atom stereocenters. The van der Waals surface area contributed by atoms with Gasteiger partial charge in [-0.05, 0) is 24.3 Å². The second-order valence-electron chi connectivity index (χ2n) is 13.5. The van der Waals surface area contributed by atoms with E-state index in [1.54, 1.807) is 11.3 Å². The Morgan fingerprint density at radius 3 is 1.43 bits per heavy atom. The summed E-state index contributed by atoms with van der Waals surface area (Å²) in [5.41, 5.74) is 6.66. The van der Waals surface area contributed by atoms with Gasteiger partial charge in [0.05, 0.1) is 5.56 Å². The number of fused-ring (bicyclic) bond motifs is 6. The van der Waals surface area contributed by atoms with Crippen LogP contribution in [0.3, 0.4) is 0 Å². The maximum absolute atomic E-state index is 6.76. The molecule has 0 spiro atoms. The van der Waals surface area contributed by atoms with E-state index in [1.165, 1.54) is 15.5 Å². The van der Waals surface area contributed by atoms with Crippen molar-refractivity contribution in [2.45, 2.75) is 0 Å². The van der Waals surface area contributed by atoms with Gasteiger partial charge in [-0.25, -0.2) is 29.9 Å². The third-order valence-electron chi connectivity index (χ3n) is 10.0. The number of hydrogen-bond acceptors (Lipinski definition) is 8. The van der Waals surface area contributed by atoms with E-state index in [0.717, 1.165) is 48.9 Å². The van der Waals surface area contributed by atoms with Gasteiger partial charge in [-0.3, -0.25) is 0 Å². The molecule has 11 rings (SSSR count). The molecule has 262 valence electrons. The second kappa shape index (κ2) is 13.2. The third kappa shape index (κ3) is 5.42. The molecule has 0 fully saturated rings. The van der Waals surface area contributed by atoms with Gasteiger partial charge in [0.15, 0.2) is 34.9 Å². The standard InChI is InChI=1S/C48H28N6OS/c1-4-15-29(16-5-1)43-49-44(30-17-6-2-7-18-30)51-46(50-43)35-24-14-27-38-40(35)34-23-13-25-36(41(34)55-38)47-52-45(31-19-8-3-9-20-31)53-48(54-47)37-26-12-22-33-32-21-10-11-28-39(32)56-42(33)37/h1-28H. The van der Waals surface area contributed by atoms with Gasteiger partial charge in [0.1, 0.15) is 11.2 Å². The summed E-state index contributed by atoms with van der Waals surface area (Å²) in [5, 5.41) is 4.22. The van der Waals surface area contributed by atoms with Crippen molar-refractivity contribution in [3.63, 3.8) is 0 Å². The lowest BCUT2D eigenvalue weighted by Gasteiger charge is -2.10. The summed E-state index contributed by atoms with van der Waals surface area (Å²) in [4.78, 5) is 30.4. The van der Waals surface area contributed by atoms with Gasteiger partial charge in [-0.15, -0.1) is 11.3 Å². The lowest BCUT2D eigenvalue weighted by molar-refractivity contribution is 0.669. The number of para-hydroxylation sites is 1. The molecular formula is C48H28N6OS. The van der Waals surface area contributed by atoms with Gasteiger partial charge < -0.3 is 4.42 Å². The zero-order valence-electron chi connectivity index (χ0n) is 29.7. The smallest absolute Gasteiger partial charge is 0.167 e. The monoisotopic (exact) mass is 736 g/mol. The van der Waals surface area contributed by atoms with Crippen LogP contribution in [0.5, 0.6) is 0 Å². The zero-order chi connectivity index (χ0) is 37.0. The molecule has 4 aromatic heterocycles. The highest BCUT2D eigenvalue weighted by Crippen LogP contribution is 2.42. The van der Waals surface area contributed by atoms with E-state index in [0.29, 0.717) is 46.1 Å². The largest absolute Gasteiger partial charge is 0.455 e. The van der Waals surface area contributed by atoms with Crippen molar-refractivity contribution in [3.05, 3.63) is 170 Å². The molecule has 7 aromatic carbocycles. The summed E-state index contributed by atoms with van der Waals surface area (Å²) in [6.07, 6.45) is 0. The highest BCUT2D eigenvalue weighted by Gasteiger charge is 2.22. The van der Waals surface area contributed by atoms with Crippen LogP contribution in [0.15, 0.2) is 174 Å². The molecule has 11 aromatic rings. The SMILES string of the molecule is c1ccc(-c2nc(-c3cccc4c3oc3cccc(-c5nc(-c6ccccc6)nc(-c6ccccc6)n5)c34)nc(-c3cccc4c3sc3ccccc34)n2)cc1. The molecule has 0 aliphatic heterocycles. The fourth-order valence-corrected chi connectivity index (χ4v) is 8.61. The molecule has 0 unspecified atom stereocenters.